The molecule has 8 heteroatoms. The predicted molar refractivity (Wildman–Crippen MR) is 102 cm³/mol. The summed E-state index contributed by atoms with van der Waals surface area (Å²) in [6, 6.07) is 5.87. The number of H-pyrrole nitrogens is 1. The molecule has 3 heterocycles. The van der Waals surface area contributed by atoms with Gasteiger partial charge < -0.3 is 10.6 Å². The Balaban J connectivity index is 1.44. The van der Waals surface area contributed by atoms with Gasteiger partial charge in [0.1, 0.15) is 0 Å². The van der Waals surface area contributed by atoms with Crippen LogP contribution < -0.4 is 10.6 Å². The monoisotopic (exact) mass is 375 g/mol. The van der Waals surface area contributed by atoms with Gasteiger partial charge in [-0.2, -0.15) is 5.10 Å². The number of likely N-dealkylation sites (tertiary alicyclic amines) is 1. The van der Waals surface area contributed by atoms with Crippen molar-refractivity contribution in [2.75, 3.05) is 26.2 Å². The van der Waals surface area contributed by atoms with Gasteiger partial charge in [-0.25, -0.2) is 0 Å². The third kappa shape index (κ3) is 4.92. The van der Waals surface area contributed by atoms with Crippen LogP contribution in [0, 0.1) is 0 Å². The van der Waals surface area contributed by atoms with E-state index in [4.69, 9.17) is 0 Å². The van der Waals surface area contributed by atoms with Gasteiger partial charge in [-0.05, 0) is 36.8 Å². The summed E-state index contributed by atoms with van der Waals surface area (Å²) >= 11 is 1.61. The van der Waals surface area contributed by atoms with Crippen molar-refractivity contribution < 1.29 is 9.59 Å². The molecule has 3 N–H and O–H groups in total. The Morgan fingerprint density at radius 1 is 1.38 bits per heavy atom. The van der Waals surface area contributed by atoms with E-state index >= 15 is 0 Å². The molecule has 0 spiro atoms. The summed E-state index contributed by atoms with van der Waals surface area (Å²) in [4.78, 5) is 27.4. The van der Waals surface area contributed by atoms with Crippen LogP contribution in [0.5, 0.6) is 0 Å². The lowest BCUT2D eigenvalue weighted by Crippen LogP contribution is -2.47. The molecule has 0 atom stereocenters. The zero-order valence-corrected chi connectivity index (χ0v) is 15.8. The fraction of sp³-hybridized carbons (Fsp3) is 0.500. The minimum atomic E-state index is -0.150. The molecule has 2 amide bonds. The molecule has 0 radical (unpaired) electrons. The summed E-state index contributed by atoms with van der Waals surface area (Å²) in [5, 5.41) is 15.0. The van der Waals surface area contributed by atoms with Gasteiger partial charge in [-0.1, -0.05) is 13.0 Å². The third-order valence-corrected chi connectivity index (χ3v) is 5.36. The van der Waals surface area contributed by atoms with Crippen LogP contribution in [0.25, 0.3) is 10.6 Å². The van der Waals surface area contributed by atoms with Crippen molar-refractivity contribution in [2.24, 2.45) is 0 Å². The fourth-order valence-electron chi connectivity index (χ4n) is 3.01. The van der Waals surface area contributed by atoms with Crippen LogP contribution in [0.2, 0.25) is 0 Å². The first kappa shape index (κ1) is 18.6. The molecule has 0 aliphatic carbocycles. The first-order valence-corrected chi connectivity index (χ1v) is 9.93. The van der Waals surface area contributed by atoms with E-state index in [1.165, 1.54) is 0 Å². The molecule has 1 aliphatic heterocycles. The van der Waals surface area contributed by atoms with Crippen molar-refractivity contribution in [3.8, 4) is 10.6 Å². The highest BCUT2D eigenvalue weighted by molar-refractivity contribution is 7.13. The van der Waals surface area contributed by atoms with Crippen LogP contribution in [0.3, 0.4) is 0 Å². The lowest BCUT2D eigenvalue weighted by molar-refractivity contribution is -0.122. The first-order chi connectivity index (χ1) is 12.7. The van der Waals surface area contributed by atoms with Gasteiger partial charge in [0.15, 0.2) is 5.69 Å². The van der Waals surface area contributed by atoms with Crippen molar-refractivity contribution in [3.63, 3.8) is 0 Å². The minimum absolute atomic E-state index is 0.0759. The highest BCUT2D eigenvalue weighted by Crippen LogP contribution is 2.23. The molecule has 140 valence electrons. The van der Waals surface area contributed by atoms with Crippen molar-refractivity contribution in [1.82, 2.24) is 25.7 Å². The Labute approximate surface area is 157 Å². The number of carbonyl (C=O) groups is 2. The zero-order chi connectivity index (χ0) is 18.4. The molecule has 0 aromatic carbocycles. The van der Waals surface area contributed by atoms with E-state index in [1.807, 2.05) is 24.4 Å². The highest BCUT2D eigenvalue weighted by atomic mass is 32.1. The second kappa shape index (κ2) is 8.95. The van der Waals surface area contributed by atoms with Gasteiger partial charge in [0.25, 0.3) is 5.91 Å². The number of carbonyl (C=O) groups excluding carboxylic acids is 2. The predicted octanol–water partition coefficient (Wildman–Crippen LogP) is 1.86. The van der Waals surface area contributed by atoms with Crippen LogP contribution in [0.15, 0.2) is 23.6 Å². The summed E-state index contributed by atoms with van der Waals surface area (Å²) in [7, 11) is 0. The number of rotatable bonds is 7. The van der Waals surface area contributed by atoms with Gasteiger partial charge in [-0.3, -0.25) is 19.6 Å². The molecule has 0 saturated carbocycles. The third-order valence-electron chi connectivity index (χ3n) is 4.46. The van der Waals surface area contributed by atoms with E-state index in [1.54, 1.807) is 17.4 Å². The largest absolute Gasteiger partial charge is 0.355 e. The number of hydrogen-bond acceptors (Lipinski definition) is 5. The first-order valence-electron chi connectivity index (χ1n) is 9.05. The van der Waals surface area contributed by atoms with Crippen LogP contribution in [-0.4, -0.2) is 59.1 Å². The number of nitrogens with zero attached hydrogens (tertiary/aromatic N) is 2. The quantitative estimate of drug-likeness (QED) is 0.689. The van der Waals surface area contributed by atoms with E-state index in [9.17, 15) is 9.59 Å². The summed E-state index contributed by atoms with van der Waals surface area (Å²) in [6.45, 7) is 4.82. The summed E-state index contributed by atoms with van der Waals surface area (Å²) < 4.78 is 0. The number of hydrogen-bond donors (Lipinski definition) is 3. The van der Waals surface area contributed by atoms with E-state index < -0.39 is 0 Å². The summed E-state index contributed by atoms with van der Waals surface area (Å²) in [5.41, 5.74) is 1.27. The molecule has 2 aromatic heterocycles. The summed E-state index contributed by atoms with van der Waals surface area (Å²) in [5.74, 6) is -0.0739. The normalized spacial score (nSPS) is 15.7. The molecule has 1 saturated heterocycles. The maximum Gasteiger partial charge on any atom is 0.272 e. The Kier molecular flexibility index (Phi) is 6.40. The molecule has 0 unspecified atom stereocenters. The number of aromatic amines is 1. The van der Waals surface area contributed by atoms with Crippen LogP contribution in [0.1, 0.15) is 36.7 Å². The average molecular weight is 375 g/mol. The number of amides is 2. The number of aromatic nitrogens is 2. The molecule has 26 heavy (non-hydrogen) atoms. The van der Waals surface area contributed by atoms with Crippen LogP contribution in [0.4, 0.5) is 0 Å². The van der Waals surface area contributed by atoms with Gasteiger partial charge in [0.2, 0.25) is 5.91 Å². The zero-order valence-electron chi connectivity index (χ0n) is 15.0. The maximum atomic E-state index is 12.4. The molecule has 7 nitrogen and oxygen atoms in total. The van der Waals surface area contributed by atoms with Crippen LogP contribution in [-0.2, 0) is 4.79 Å². The van der Waals surface area contributed by atoms with E-state index in [2.05, 4.69) is 25.7 Å². The van der Waals surface area contributed by atoms with Crippen molar-refractivity contribution in [1.29, 1.82) is 0 Å². The molecule has 1 aliphatic rings. The summed E-state index contributed by atoms with van der Waals surface area (Å²) in [6.07, 6.45) is 2.63. The van der Waals surface area contributed by atoms with Crippen molar-refractivity contribution >= 4 is 23.2 Å². The number of nitrogens with one attached hydrogen (secondary N) is 3. The van der Waals surface area contributed by atoms with Gasteiger partial charge in [0, 0.05) is 25.7 Å². The highest BCUT2D eigenvalue weighted by Gasteiger charge is 2.23. The lowest BCUT2D eigenvalue weighted by Gasteiger charge is -2.31. The minimum Gasteiger partial charge on any atom is -0.355 e. The molecular weight excluding hydrogens is 350 g/mol. The molecule has 0 bridgehead atoms. The molecular formula is C18H25N5O2S. The second-order valence-electron chi connectivity index (χ2n) is 6.52. The molecule has 2 aromatic rings. The maximum absolute atomic E-state index is 12.4. The van der Waals surface area contributed by atoms with E-state index in [0.717, 1.165) is 49.5 Å². The molecule has 3 rings (SSSR count). The Bertz CT molecular complexity index is 720. The van der Waals surface area contributed by atoms with Crippen molar-refractivity contribution in [2.45, 2.75) is 32.2 Å². The van der Waals surface area contributed by atoms with Crippen LogP contribution >= 0.6 is 11.3 Å². The van der Waals surface area contributed by atoms with Gasteiger partial charge >= 0.3 is 0 Å². The standard InChI is InChI=1S/C18H25N5O2S/c1-2-7-19-17(24)12-23-8-5-13(6-9-23)20-18(25)15-11-14(21-22-15)16-4-3-10-26-16/h3-4,10-11,13H,2,5-9,12H2,1H3,(H,19,24)(H,20,25)(H,21,22). The topological polar surface area (TPSA) is 90.1 Å². The van der Waals surface area contributed by atoms with E-state index in [0.29, 0.717) is 12.2 Å². The number of piperidine rings is 1. The van der Waals surface area contributed by atoms with Gasteiger partial charge in [0.05, 0.1) is 17.1 Å². The Hall–Kier alpha value is -2.19. The average Bonchev–Trinajstić information content (AvgIpc) is 3.33. The lowest BCUT2D eigenvalue weighted by atomic mass is 10.0. The number of thiophene rings is 1. The SMILES string of the molecule is CCCNC(=O)CN1CCC(NC(=O)c2cc(-c3cccs3)[nH]n2)CC1. The van der Waals surface area contributed by atoms with Crippen molar-refractivity contribution in [3.05, 3.63) is 29.3 Å². The van der Waals surface area contributed by atoms with E-state index in [-0.39, 0.29) is 17.9 Å². The fourth-order valence-corrected chi connectivity index (χ4v) is 3.71. The smallest absolute Gasteiger partial charge is 0.272 e. The van der Waals surface area contributed by atoms with Gasteiger partial charge in [-0.15, -0.1) is 11.3 Å². The second-order valence-corrected chi connectivity index (χ2v) is 7.47. The Morgan fingerprint density at radius 2 is 2.19 bits per heavy atom. The Morgan fingerprint density at radius 3 is 2.88 bits per heavy atom. The molecule has 1 fully saturated rings.